The standard InChI is InChI=1S/C15H17ClN4S/c1-9-12(10-5-7-11(16)8-6-10)19-20-13(15(2,3)4)17-18-14(20)21-9/h5-9H,1-4H3. The predicted octanol–water partition coefficient (Wildman–Crippen LogP) is 3.98. The topological polar surface area (TPSA) is 43.1 Å². The highest BCUT2D eigenvalue weighted by molar-refractivity contribution is 8.00. The minimum Gasteiger partial charge on any atom is -0.191 e. The van der Waals surface area contributed by atoms with Crippen LogP contribution in [0.4, 0.5) is 0 Å². The van der Waals surface area contributed by atoms with Crippen LogP contribution in [-0.2, 0) is 5.41 Å². The molecule has 21 heavy (non-hydrogen) atoms. The Balaban J connectivity index is 2.10. The summed E-state index contributed by atoms with van der Waals surface area (Å²) in [7, 11) is 0. The molecule has 1 aliphatic rings. The van der Waals surface area contributed by atoms with E-state index >= 15 is 0 Å². The monoisotopic (exact) mass is 320 g/mol. The number of thioether (sulfide) groups is 1. The summed E-state index contributed by atoms with van der Waals surface area (Å²) in [6, 6.07) is 7.79. The number of hydrogen-bond acceptors (Lipinski definition) is 4. The van der Waals surface area contributed by atoms with Crippen molar-refractivity contribution in [1.82, 2.24) is 14.9 Å². The first-order valence-electron chi connectivity index (χ1n) is 6.83. The van der Waals surface area contributed by atoms with E-state index < -0.39 is 0 Å². The van der Waals surface area contributed by atoms with Gasteiger partial charge in [-0.3, -0.25) is 0 Å². The fourth-order valence-corrected chi connectivity index (χ4v) is 3.27. The minimum atomic E-state index is -0.0962. The Kier molecular flexibility index (Phi) is 3.58. The Labute approximate surface area is 133 Å². The van der Waals surface area contributed by atoms with Gasteiger partial charge in [0.15, 0.2) is 5.82 Å². The summed E-state index contributed by atoms with van der Waals surface area (Å²) in [5.74, 6) is 0.878. The molecule has 0 spiro atoms. The molecule has 0 aliphatic carbocycles. The molecule has 0 radical (unpaired) electrons. The van der Waals surface area contributed by atoms with E-state index in [1.807, 2.05) is 28.9 Å². The summed E-state index contributed by atoms with van der Waals surface area (Å²) in [5.41, 5.74) is 2.01. The second kappa shape index (κ2) is 5.14. The third-order valence-corrected chi connectivity index (χ3v) is 4.59. The molecular weight excluding hydrogens is 304 g/mol. The fourth-order valence-electron chi connectivity index (χ4n) is 2.21. The SMILES string of the molecule is CC1Sc2nnc(C(C)(C)C)n2N=C1c1ccc(Cl)cc1. The molecule has 0 bridgehead atoms. The van der Waals surface area contributed by atoms with Crippen molar-refractivity contribution in [2.24, 2.45) is 5.10 Å². The molecule has 110 valence electrons. The van der Waals surface area contributed by atoms with Gasteiger partial charge in [-0.05, 0) is 24.6 Å². The lowest BCUT2D eigenvalue weighted by Crippen LogP contribution is -2.25. The first kappa shape index (κ1) is 14.6. The Morgan fingerprint density at radius 1 is 1.14 bits per heavy atom. The van der Waals surface area contributed by atoms with E-state index in [0.717, 1.165) is 27.3 Å². The van der Waals surface area contributed by atoms with Gasteiger partial charge in [0.1, 0.15) is 0 Å². The maximum Gasteiger partial charge on any atom is 0.212 e. The number of nitrogens with zero attached hydrogens (tertiary/aromatic N) is 4. The van der Waals surface area contributed by atoms with E-state index in [0.29, 0.717) is 0 Å². The number of aromatic nitrogens is 3. The Morgan fingerprint density at radius 2 is 1.81 bits per heavy atom. The predicted molar refractivity (Wildman–Crippen MR) is 87.4 cm³/mol. The molecule has 1 aliphatic heterocycles. The molecule has 1 unspecified atom stereocenters. The van der Waals surface area contributed by atoms with E-state index in [4.69, 9.17) is 16.7 Å². The van der Waals surface area contributed by atoms with Crippen molar-refractivity contribution in [2.45, 2.75) is 43.5 Å². The van der Waals surface area contributed by atoms with Gasteiger partial charge in [0.2, 0.25) is 5.16 Å². The molecule has 0 saturated heterocycles. The Bertz CT molecular complexity index is 697. The second-order valence-electron chi connectivity index (χ2n) is 6.12. The molecule has 2 heterocycles. The van der Waals surface area contributed by atoms with Gasteiger partial charge in [0, 0.05) is 10.4 Å². The summed E-state index contributed by atoms with van der Waals surface area (Å²) in [5, 5.41) is 15.2. The first-order valence-corrected chi connectivity index (χ1v) is 8.09. The molecule has 0 saturated carbocycles. The summed E-state index contributed by atoms with van der Waals surface area (Å²) in [6.07, 6.45) is 0. The zero-order valence-corrected chi connectivity index (χ0v) is 14.0. The molecule has 3 rings (SSSR count). The molecule has 4 nitrogen and oxygen atoms in total. The van der Waals surface area contributed by atoms with Crippen LogP contribution in [0.5, 0.6) is 0 Å². The minimum absolute atomic E-state index is 0.0962. The van der Waals surface area contributed by atoms with Crippen LogP contribution in [0.2, 0.25) is 5.02 Å². The number of fused-ring (bicyclic) bond motifs is 1. The Hall–Kier alpha value is -1.33. The summed E-state index contributed by atoms with van der Waals surface area (Å²) in [6.45, 7) is 8.48. The van der Waals surface area contributed by atoms with E-state index in [1.54, 1.807) is 11.8 Å². The van der Waals surface area contributed by atoms with Gasteiger partial charge in [0.25, 0.3) is 0 Å². The van der Waals surface area contributed by atoms with E-state index in [2.05, 4.69) is 37.9 Å². The van der Waals surface area contributed by atoms with Crippen molar-refractivity contribution in [3.05, 3.63) is 40.7 Å². The smallest absolute Gasteiger partial charge is 0.191 e. The highest BCUT2D eigenvalue weighted by Gasteiger charge is 2.30. The lowest BCUT2D eigenvalue weighted by atomic mass is 9.96. The lowest BCUT2D eigenvalue weighted by Gasteiger charge is -2.23. The van der Waals surface area contributed by atoms with Gasteiger partial charge in [-0.25, -0.2) is 0 Å². The highest BCUT2D eigenvalue weighted by atomic mass is 35.5. The fraction of sp³-hybridized carbons (Fsp3) is 0.400. The molecule has 0 amide bonds. The molecular formula is C15H17ClN4S. The van der Waals surface area contributed by atoms with Gasteiger partial charge in [-0.1, -0.05) is 56.3 Å². The average Bonchev–Trinajstić information content (AvgIpc) is 2.81. The summed E-state index contributed by atoms with van der Waals surface area (Å²) < 4.78 is 1.87. The molecule has 2 aromatic rings. The highest BCUT2D eigenvalue weighted by Crippen LogP contribution is 2.33. The maximum atomic E-state index is 5.97. The van der Waals surface area contributed by atoms with Gasteiger partial charge in [0.05, 0.1) is 11.0 Å². The van der Waals surface area contributed by atoms with Crippen LogP contribution in [0.1, 0.15) is 39.1 Å². The summed E-state index contributed by atoms with van der Waals surface area (Å²) in [4.78, 5) is 0. The normalized spacial score (nSPS) is 18.3. The van der Waals surface area contributed by atoms with Crippen LogP contribution in [0, 0.1) is 0 Å². The molecule has 0 fully saturated rings. The quantitative estimate of drug-likeness (QED) is 0.798. The molecule has 1 aromatic carbocycles. The third kappa shape index (κ3) is 2.72. The van der Waals surface area contributed by atoms with Crippen molar-refractivity contribution in [3.8, 4) is 0 Å². The van der Waals surface area contributed by atoms with Gasteiger partial charge >= 0.3 is 0 Å². The van der Waals surface area contributed by atoms with Crippen molar-refractivity contribution >= 4 is 29.1 Å². The van der Waals surface area contributed by atoms with Crippen molar-refractivity contribution in [3.63, 3.8) is 0 Å². The number of benzene rings is 1. The van der Waals surface area contributed by atoms with Crippen LogP contribution < -0.4 is 0 Å². The van der Waals surface area contributed by atoms with Crippen LogP contribution in [0.3, 0.4) is 0 Å². The number of rotatable bonds is 1. The van der Waals surface area contributed by atoms with Gasteiger partial charge in [-0.15, -0.1) is 10.2 Å². The van der Waals surface area contributed by atoms with Crippen molar-refractivity contribution in [2.75, 3.05) is 0 Å². The first-order chi connectivity index (χ1) is 9.86. The summed E-state index contributed by atoms with van der Waals surface area (Å²) >= 11 is 7.65. The molecule has 6 heteroatoms. The van der Waals surface area contributed by atoms with Gasteiger partial charge in [-0.2, -0.15) is 9.78 Å². The third-order valence-electron chi connectivity index (χ3n) is 3.30. The van der Waals surface area contributed by atoms with Crippen LogP contribution >= 0.6 is 23.4 Å². The molecule has 1 aromatic heterocycles. The Morgan fingerprint density at radius 3 is 2.43 bits per heavy atom. The molecule has 1 atom stereocenters. The average molecular weight is 321 g/mol. The van der Waals surface area contributed by atoms with Crippen molar-refractivity contribution in [1.29, 1.82) is 0 Å². The van der Waals surface area contributed by atoms with Crippen LogP contribution in [-0.4, -0.2) is 25.8 Å². The van der Waals surface area contributed by atoms with Crippen LogP contribution in [0.15, 0.2) is 34.5 Å². The lowest BCUT2D eigenvalue weighted by molar-refractivity contribution is 0.508. The zero-order chi connectivity index (χ0) is 15.2. The van der Waals surface area contributed by atoms with E-state index in [1.165, 1.54) is 0 Å². The second-order valence-corrected chi connectivity index (χ2v) is 7.86. The zero-order valence-electron chi connectivity index (χ0n) is 12.5. The maximum absolute atomic E-state index is 5.97. The number of hydrogen-bond donors (Lipinski definition) is 0. The van der Waals surface area contributed by atoms with Crippen LogP contribution in [0.25, 0.3) is 0 Å². The van der Waals surface area contributed by atoms with E-state index in [9.17, 15) is 0 Å². The molecule has 0 N–H and O–H groups in total. The van der Waals surface area contributed by atoms with Gasteiger partial charge < -0.3 is 0 Å². The van der Waals surface area contributed by atoms with Crippen molar-refractivity contribution < 1.29 is 0 Å². The van der Waals surface area contributed by atoms with E-state index in [-0.39, 0.29) is 10.7 Å². The largest absolute Gasteiger partial charge is 0.212 e. The number of halogens is 1.